The molecule has 7 nitrogen and oxygen atoms in total. The third-order valence-corrected chi connectivity index (χ3v) is 4.14. The van der Waals surface area contributed by atoms with Gasteiger partial charge in [0.25, 0.3) is 0 Å². The van der Waals surface area contributed by atoms with Gasteiger partial charge < -0.3 is 20.7 Å². The van der Waals surface area contributed by atoms with Gasteiger partial charge in [0.2, 0.25) is 11.8 Å². The highest BCUT2D eigenvalue weighted by Crippen LogP contribution is 2.35. The summed E-state index contributed by atoms with van der Waals surface area (Å²) in [6.45, 7) is 4.11. The Balaban J connectivity index is 1.87. The van der Waals surface area contributed by atoms with Crippen LogP contribution in [0.5, 0.6) is 5.88 Å². The van der Waals surface area contributed by atoms with Crippen LogP contribution in [0, 0.1) is 5.92 Å². The predicted octanol–water partition coefficient (Wildman–Crippen LogP) is 0.562. The van der Waals surface area contributed by atoms with Gasteiger partial charge >= 0.3 is 0 Å². The van der Waals surface area contributed by atoms with E-state index in [0.29, 0.717) is 30.5 Å². The lowest BCUT2D eigenvalue weighted by Gasteiger charge is -2.37. The van der Waals surface area contributed by atoms with E-state index >= 15 is 0 Å². The van der Waals surface area contributed by atoms with Crippen molar-refractivity contribution >= 4 is 17.4 Å². The number of nitrogens with zero attached hydrogens (tertiary/aromatic N) is 3. The van der Waals surface area contributed by atoms with Crippen LogP contribution in [0.2, 0.25) is 0 Å². The quantitative estimate of drug-likeness (QED) is 0.842. The molecule has 2 fully saturated rings. The first-order valence-corrected chi connectivity index (χ1v) is 7.50. The third-order valence-electron chi connectivity index (χ3n) is 4.14. The first-order valence-electron chi connectivity index (χ1n) is 7.50. The molecule has 2 unspecified atom stereocenters. The summed E-state index contributed by atoms with van der Waals surface area (Å²) >= 11 is 0. The highest BCUT2D eigenvalue weighted by atomic mass is 16.5. The number of nitrogens with two attached hydrogens (primary N) is 1. The first kappa shape index (κ1) is 13.9. The number of carbonyl (C=O) groups is 1. The molecule has 3 rings (SSSR count). The van der Waals surface area contributed by atoms with Crippen molar-refractivity contribution in [1.29, 1.82) is 0 Å². The van der Waals surface area contributed by atoms with Gasteiger partial charge in [-0.15, -0.1) is 0 Å². The molecule has 2 saturated heterocycles. The smallest absolute Gasteiger partial charge is 0.242 e. The molecule has 0 bridgehead atoms. The summed E-state index contributed by atoms with van der Waals surface area (Å²) in [5.74, 6) is 1.29. The van der Waals surface area contributed by atoms with Gasteiger partial charge in [0, 0.05) is 13.1 Å². The lowest BCUT2D eigenvalue weighted by Crippen LogP contribution is -2.46. The molecule has 21 heavy (non-hydrogen) atoms. The van der Waals surface area contributed by atoms with Crippen LogP contribution in [0.1, 0.15) is 26.2 Å². The van der Waals surface area contributed by atoms with E-state index in [-0.39, 0.29) is 17.9 Å². The standard InChI is InChI=1S/C14H21N5O2/c1-2-6-21-14-11(15)12(17-8-18-14)19-5-3-4-9-10(19)7-16-13(9)20/h8-10H,2-7,15H2,1H3,(H,16,20). The summed E-state index contributed by atoms with van der Waals surface area (Å²) in [5.41, 5.74) is 6.64. The number of piperidine rings is 1. The van der Waals surface area contributed by atoms with E-state index in [2.05, 4.69) is 20.2 Å². The number of amides is 1. The minimum Gasteiger partial charge on any atom is -0.476 e. The van der Waals surface area contributed by atoms with Crippen LogP contribution >= 0.6 is 0 Å². The van der Waals surface area contributed by atoms with E-state index < -0.39 is 0 Å². The number of anilines is 2. The fourth-order valence-corrected chi connectivity index (χ4v) is 3.13. The second-order valence-corrected chi connectivity index (χ2v) is 5.52. The van der Waals surface area contributed by atoms with Crippen LogP contribution in [-0.2, 0) is 4.79 Å². The molecule has 0 aliphatic carbocycles. The zero-order valence-electron chi connectivity index (χ0n) is 12.2. The van der Waals surface area contributed by atoms with Crippen molar-refractivity contribution in [3.63, 3.8) is 0 Å². The molecule has 2 aliphatic rings. The van der Waals surface area contributed by atoms with Crippen LogP contribution in [0.4, 0.5) is 11.5 Å². The SMILES string of the molecule is CCCOc1ncnc(N2CCCC3C(=O)NCC32)c1N. The van der Waals surface area contributed by atoms with E-state index in [4.69, 9.17) is 10.5 Å². The topological polar surface area (TPSA) is 93.4 Å². The highest BCUT2D eigenvalue weighted by Gasteiger charge is 2.42. The number of hydrogen-bond acceptors (Lipinski definition) is 6. The Labute approximate surface area is 123 Å². The van der Waals surface area contributed by atoms with Gasteiger partial charge in [-0.2, -0.15) is 4.98 Å². The molecule has 3 heterocycles. The minimum atomic E-state index is 0.0353. The fourth-order valence-electron chi connectivity index (χ4n) is 3.13. The van der Waals surface area contributed by atoms with Crippen LogP contribution in [0.3, 0.4) is 0 Å². The van der Waals surface area contributed by atoms with Gasteiger partial charge in [0.05, 0.1) is 18.6 Å². The Bertz CT molecular complexity index is 536. The Hall–Kier alpha value is -2.05. The van der Waals surface area contributed by atoms with E-state index in [1.54, 1.807) is 0 Å². The molecular formula is C14H21N5O2. The van der Waals surface area contributed by atoms with Crippen molar-refractivity contribution in [1.82, 2.24) is 15.3 Å². The first-order chi connectivity index (χ1) is 10.2. The number of ether oxygens (including phenoxy) is 1. The molecule has 2 atom stereocenters. The molecular weight excluding hydrogens is 270 g/mol. The molecule has 114 valence electrons. The zero-order valence-corrected chi connectivity index (χ0v) is 12.2. The Morgan fingerprint density at radius 1 is 1.52 bits per heavy atom. The summed E-state index contributed by atoms with van der Waals surface area (Å²) in [7, 11) is 0. The predicted molar refractivity (Wildman–Crippen MR) is 79.1 cm³/mol. The Kier molecular flexibility index (Phi) is 3.81. The fraction of sp³-hybridized carbons (Fsp3) is 0.643. The summed E-state index contributed by atoms with van der Waals surface area (Å²) < 4.78 is 5.56. The summed E-state index contributed by atoms with van der Waals surface area (Å²) in [5, 5.41) is 2.93. The molecule has 0 aromatic carbocycles. The van der Waals surface area contributed by atoms with Gasteiger partial charge in [-0.1, -0.05) is 6.92 Å². The summed E-state index contributed by atoms with van der Waals surface area (Å²) in [6, 6.07) is 0.127. The van der Waals surface area contributed by atoms with E-state index in [1.807, 2.05) is 6.92 Å². The number of nitrogens with one attached hydrogen (secondary N) is 1. The Morgan fingerprint density at radius 3 is 3.19 bits per heavy atom. The normalized spacial score (nSPS) is 24.6. The summed E-state index contributed by atoms with van der Waals surface area (Å²) in [6.07, 6.45) is 4.26. The van der Waals surface area contributed by atoms with Crippen molar-refractivity contribution in [3.05, 3.63) is 6.33 Å². The molecule has 3 N–H and O–H groups in total. The molecule has 0 radical (unpaired) electrons. The van der Waals surface area contributed by atoms with Crippen molar-refractivity contribution in [2.75, 3.05) is 30.3 Å². The molecule has 1 amide bonds. The minimum absolute atomic E-state index is 0.0353. The van der Waals surface area contributed by atoms with Crippen molar-refractivity contribution in [2.24, 2.45) is 5.92 Å². The molecule has 1 aromatic rings. The molecule has 1 aromatic heterocycles. The van der Waals surface area contributed by atoms with Crippen LogP contribution in [0.15, 0.2) is 6.33 Å². The summed E-state index contributed by atoms with van der Waals surface area (Å²) in [4.78, 5) is 22.4. The van der Waals surface area contributed by atoms with Crippen molar-refractivity contribution in [3.8, 4) is 5.88 Å². The van der Waals surface area contributed by atoms with Crippen molar-refractivity contribution < 1.29 is 9.53 Å². The Morgan fingerprint density at radius 2 is 2.38 bits per heavy atom. The average molecular weight is 291 g/mol. The van der Waals surface area contributed by atoms with Gasteiger partial charge in [-0.3, -0.25) is 4.79 Å². The molecule has 0 spiro atoms. The average Bonchev–Trinajstić information content (AvgIpc) is 2.88. The van der Waals surface area contributed by atoms with Gasteiger partial charge in [-0.25, -0.2) is 4.98 Å². The maximum absolute atomic E-state index is 11.9. The maximum atomic E-state index is 11.9. The van der Waals surface area contributed by atoms with Gasteiger partial charge in [-0.05, 0) is 19.3 Å². The number of rotatable bonds is 4. The van der Waals surface area contributed by atoms with Gasteiger partial charge in [0.15, 0.2) is 5.82 Å². The number of hydrogen-bond donors (Lipinski definition) is 2. The second-order valence-electron chi connectivity index (χ2n) is 5.52. The van der Waals surface area contributed by atoms with E-state index in [9.17, 15) is 4.79 Å². The highest BCUT2D eigenvalue weighted by molar-refractivity contribution is 5.83. The largest absolute Gasteiger partial charge is 0.476 e. The monoisotopic (exact) mass is 291 g/mol. The van der Waals surface area contributed by atoms with Crippen LogP contribution in [0.25, 0.3) is 0 Å². The van der Waals surface area contributed by atoms with Crippen LogP contribution in [-0.4, -0.2) is 41.6 Å². The lowest BCUT2D eigenvalue weighted by atomic mass is 9.91. The van der Waals surface area contributed by atoms with E-state index in [0.717, 1.165) is 25.8 Å². The maximum Gasteiger partial charge on any atom is 0.242 e. The van der Waals surface area contributed by atoms with Crippen molar-refractivity contribution in [2.45, 2.75) is 32.2 Å². The van der Waals surface area contributed by atoms with Gasteiger partial charge in [0.1, 0.15) is 12.0 Å². The number of carbonyl (C=O) groups excluding carboxylic acids is 1. The van der Waals surface area contributed by atoms with E-state index in [1.165, 1.54) is 6.33 Å². The number of fused-ring (bicyclic) bond motifs is 1. The van der Waals surface area contributed by atoms with Crippen LogP contribution < -0.4 is 20.7 Å². The molecule has 7 heteroatoms. The lowest BCUT2D eigenvalue weighted by molar-refractivity contribution is -0.122. The second kappa shape index (κ2) is 5.75. The third kappa shape index (κ3) is 2.48. The number of nitrogen functional groups attached to an aromatic ring is 1. The zero-order chi connectivity index (χ0) is 14.8. The molecule has 0 saturated carbocycles. The number of aromatic nitrogens is 2. The molecule has 2 aliphatic heterocycles.